The Morgan fingerprint density at radius 1 is 1.08 bits per heavy atom. The largest absolute Gasteiger partial charge is 0.494 e. The standard InChI is InChI=1S/C38H41Cl2N9O2/c1-20-15-25(16-21(2)34(20)40)51-14-8-9-26-27-10-11-28(39)33(32-23(4)45-47(7)24(32)5)36(27)49-22(3)17-48(38(50)37(26)49)30-18-46(6)29-12-13-31(43-35(29)30)44-42-19-41/h10-13,15-16,18-19,22H,8-9,14,17H2,1-7H3,(H2,41,42)(H,43,44)/t22-/m1/s1. The third-order valence-corrected chi connectivity index (χ3v) is 10.8. The minimum absolute atomic E-state index is 0.0986. The lowest BCUT2D eigenvalue weighted by atomic mass is 9.98. The van der Waals surface area contributed by atoms with Crippen LogP contribution in [0.15, 0.2) is 47.7 Å². The highest BCUT2D eigenvalue weighted by Gasteiger charge is 2.38. The highest BCUT2D eigenvalue weighted by molar-refractivity contribution is 6.35. The van der Waals surface area contributed by atoms with Crippen molar-refractivity contribution in [2.75, 3.05) is 23.5 Å². The molecule has 0 aliphatic carbocycles. The van der Waals surface area contributed by atoms with Gasteiger partial charge in [-0.1, -0.05) is 29.3 Å². The monoisotopic (exact) mass is 725 g/mol. The number of rotatable bonds is 9. The van der Waals surface area contributed by atoms with Gasteiger partial charge >= 0.3 is 0 Å². The van der Waals surface area contributed by atoms with Gasteiger partial charge in [-0.15, -0.1) is 0 Å². The Bertz CT molecular complexity index is 2360. The molecule has 3 N–H and O–H groups in total. The third kappa shape index (κ3) is 5.78. The maximum Gasteiger partial charge on any atom is 0.275 e. The van der Waals surface area contributed by atoms with E-state index in [0.29, 0.717) is 48.0 Å². The lowest BCUT2D eigenvalue weighted by Gasteiger charge is -2.34. The normalized spacial score (nSPS) is 14.7. The van der Waals surface area contributed by atoms with Crippen LogP contribution >= 0.6 is 23.2 Å². The van der Waals surface area contributed by atoms with E-state index in [9.17, 15) is 0 Å². The van der Waals surface area contributed by atoms with Crippen LogP contribution in [0, 0.1) is 27.7 Å². The number of aromatic nitrogens is 5. The van der Waals surface area contributed by atoms with Crippen LogP contribution in [0.5, 0.6) is 5.75 Å². The van der Waals surface area contributed by atoms with Gasteiger partial charge in [0.05, 0.1) is 34.0 Å². The number of nitrogens with zero attached hydrogens (tertiary/aromatic N) is 7. The van der Waals surface area contributed by atoms with Gasteiger partial charge < -0.3 is 24.5 Å². The number of hydrogen-bond donors (Lipinski definition) is 2. The van der Waals surface area contributed by atoms with E-state index < -0.39 is 0 Å². The maximum absolute atomic E-state index is 15.0. The number of carbonyl (C=O) groups is 1. The van der Waals surface area contributed by atoms with Crippen molar-refractivity contribution in [3.63, 3.8) is 0 Å². The highest BCUT2D eigenvalue weighted by atomic mass is 35.5. The molecule has 2 aromatic carbocycles. The van der Waals surface area contributed by atoms with Crippen LogP contribution in [-0.4, -0.2) is 49.3 Å². The molecular weight excluding hydrogens is 685 g/mol. The third-order valence-electron chi connectivity index (χ3n) is 9.92. The van der Waals surface area contributed by atoms with Crippen molar-refractivity contribution in [2.45, 2.75) is 53.5 Å². The van der Waals surface area contributed by atoms with Gasteiger partial charge in [-0.3, -0.25) is 14.9 Å². The van der Waals surface area contributed by atoms with Gasteiger partial charge in [0, 0.05) is 60.1 Å². The van der Waals surface area contributed by atoms with Crippen LogP contribution in [0.2, 0.25) is 10.0 Å². The average Bonchev–Trinajstić information content (AvgIpc) is 3.70. The summed E-state index contributed by atoms with van der Waals surface area (Å²) < 4.78 is 12.3. The van der Waals surface area contributed by atoms with Gasteiger partial charge in [-0.2, -0.15) is 10.2 Å². The summed E-state index contributed by atoms with van der Waals surface area (Å²) in [6.07, 6.45) is 4.43. The van der Waals surface area contributed by atoms with E-state index in [-0.39, 0.29) is 11.9 Å². The minimum Gasteiger partial charge on any atom is -0.494 e. The molecular formula is C38H41Cl2N9O2. The van der Waals surface area contributed by atoms with Crippen molar-refractivity contribution < 1.29 is 9.53 Å². The summed E-state index contributed by atoms with van der Waals surface area (Å²) >= 11 is 13.5. The molecule has 5 heterocycles. The van der Waals surface area contributed by atoms with E-state index in [1.165, 1.54) is 6.34 Å². The molecule has 1 atom stereocenters. The summed E-state index contributed by atoms with van der Waals surface area (Å²) in [7, 11) is 3.89. The number of anilines is 2. The fraction of sp³-hybridized carbons (Fsp3) is 0.316. The Balaban J connectivity index is 1.36. The van der Waals surface area contributed by atoms with Gasteiger partial charge in [0.2, 0.25) is 0 Å². The second kappa shape index (κ2) is 13.3. The number of aryl methyl sites for hydroxylation is 6. The quantitative estimate of drug-likeness (QED) is 0.0674. The second-order valence-corrected chi connectivity index (χ2v) is 14.1. The number of pyridine rings is 1. The average molecular weight is 727 g/mol. The number of amides is 1. The molecule has 7 rings (SSSR count). The molecule has 0 unspecified atom stereocenters. The molecule has 264 valence electrons. The number of ether oxygens (including phenoxy) is 1. The Morgan fingerprint density at radius 3 is 2.51 bits per heavy atom. The van der Waals surface area contributed by atoms with Crippen molar-refractivity contribution in [3.8, 4) is 16.9 Å². The van der Waals surface area contributed by atoms with Crippen molar-refractivity contribution in [1.82, 2.24) is 23.9 Å². The summed E-state index contributed by atoms with van der Waals surface area (Å²) in [5.74, 6) is 1.20. The van der Waals surface area contributed by atoms with Crippen molar-refractivity contribution in [3.05, 3.63) is 86.4 Å². The highest BCUT2D eigenvalue weighted by Crippen LogP contribution is 2.45. The van der Waals surface area contributed by atoms with Gasteiger partial charge in [0.15, 0.2) is 0 Å². The molecule has 0 fully saturated rings. The summed E-state index contributed by atoms with van der Waals surface area (Å²) in [5, 5.41) is 11.0. The van der Waals surface area contributed by atoms with Crippen molar-refractivity contribution in [1.29, 1.82) is 0 Å². The van der Waals surface area contributed by atoms with Crippen LogP contribution in [0.3, 0.4) is 0 Å². The molecule has 11 nitrogen and oxygen atoms in total. The summed E-state index contributed by atoms with van der Waals surface area (Å²) in [4.78, 5) is 21.7. The number of fused-ring (bicyclic) bond motifs is 4. The lowest BCUT2D eigenvalue weighted by Crippen LogP contribution is -2.42. The molecule has 0 radical (unpaired) electrons. The van der Waals surface area contributed by atoms with Gasteiger partial charge in [0.1, 0.15) is 29.1 Å². The van der Waals surface area contributed by atoms with Crippen LogP contribution in [0.25, 0.3) is 33.1 Å². The summed E-state index contributed by atoms with van der Waals surface area (Å²) in [5.41, 5.74) is 18.9. The zero-order chi connectivity index (χ0) is 36.3. The van der Waals surface area contributed by atoms with Crippen LogP contribution in [0.4, 0.5) is 11.5 Å². The smallest absolute Gasteiger partial charge is 0.275 e. The Hall–Kier alpha value is -5.00. The topological polar surface area (TPSA) is 121 Å². The van der Waals surface area contributed by atoms with E-state index in [2.05, 4.69) is 35.0 Å². The Kier molecular flexibility index (Phi) is 8.97. The molecule has 0 saturated carbocycles. The number of carbonyl (C=O) groups excluding carboxylic acids is 1. The van der Waals surface area contributed by atoms with Crippen LogP contribution < -0.4 is 20.8 Å². The number of halogens is 2. The van der Waals surface area contributed by atoms with Crippen LogP contribution in [0.1, 0.15) is 58.0 Å². The second-order valence-electron chi connectivity index (χ2n) is 13.4. The predicted octanol–water partition coefficient (Wildman–Crippen LogP) is 8.02. The van der Waals surface area contributed by atoms with Crippen LogP contribution in [-0.2, 0) is 20.5 Å². The molecule has 13 heteroatoms. The molecule has 1 aliphatic heterocycles. The molecule has 0 spiro atoms. The zero-order valence-corrected chi connectivity index (χ0v) is 31.3. The summed E-state index contributed by atoms with van der Waals surface area (Å²) in [6.45, 7) is 11.1. The molecule has 6 aromatic rings. The zero-order valence-electron chi connectivity index (χ0n) is 29.8. The molecule has 4 aromatic heterocycles. The van der Waals surface area contributed by atoms with E-state index >= 15 is 4.79 Å². The fourth-order valence-electron chi connectivity index (χ4n) is 7.54. The summed E-state index contributed by atoms with van der Waals surface area (Å²) in [6, 6.07) is 11.6. The number of hydrogen-bond acceptors (Lipinski definition) is 6. The minimum atomic E-state index is -0.0990. The molecule has 0 bridgehead atoms. The lowest BCUT2D eigenvalue weighted by molar-refractivity contribution is 0.0957. The van der Waals surface area contributed by atoms with E-state index in [0.717, 1.165) is 72.1 Å². The van der Waals surface area contributed by atoms with E-state index in [1.807, 2.05) is 85.5 Å². The number of nitrogens with two attached hydrogens (primary N) is 1. The first-order chi connectivity index (χ1) is 24.4. The Labute approximate surface area is 306 Å². The first-order valence-electron chi connectivity index (χ1n) is 16.9. The number of benzene rings is 2. The number of nitrogens with one attached hydrogen (secondary N) is 1. The van der Waals surface area contributed by atoms with E-state index in [4.69, 9.17) is 43.8 Å². The molecule has 1 aliphatic rings. The van der Waals surface area contributed by atoms with Gasteiger partial charge in [-0.05, 0) is 94.5 Å². The Morgan fingerprint density at radius 2 is 1.82 bits per heavy atom. The first kappa shape index (κ1) is 34.4. The predicted molar refractivity (Wildman–Crippen MR) is 207 cm³/mol. The van der Waals surface area contributed by atoms with Gasteiger partial charge in [-0.25, -0.2) is 4.98 Å². The fourth-order valence-corrected chi connectivity index (χ4v) is 7.90. The van der Waals surface area contributed by atoms with Crippen molar-refractivity contribution >= 4 is 68.9 Å². The molecule has 51 heavy (non-hydrogen) atoms. The molecule has 1 amide bonds. The van der Waals surface area contributed by atoms with E-state index in [1.54, 1.807) is 0 Å². The van der Waals surface area contributed by atoms with Crippen molar-refractivity contribution in [2.24, 2.45) is 24.9 Å². The SMILES string of the molecule is Cc1cc(OCCCc2c3n(c4c(-c5c(C)nn(C)c5C)c(Cl)ccc24)[C@H](C)CN(c2cn(C)c4ccc(N/N=C\N)nc24)C3=O)cc(C)c1Cl. The maximum atomic E-state index is 15.0. The van der Waals surface area contributed by atoms with Gasteiger partial charge in [0.25, 0.3) is 5.91 Å². The first-order valence-corrected chi connectivity index (χ1v) is 17.7. The number of hydrazone groups is 1. The molecule has 0 saturated heterocycles.